The van der Waals surface area contributed by atoms with Crippen LogP contribution in [0.1, 0.15) is 11.3 Å². The molecular weight excluding hydrogens is 180 g/mol. The van der Waals surface area contributed by atoms with Crippen molar-refractivity contribution in [2.75, 3.05) is 0 Å². The molecule has 0 aliphatic rings. The van der Waals surface area contributed by atoms with Crippen molar-refractivity contribution in [1.82, 2.24) is 14.5 Å². The normalized spacial score (nSPS) is 10.4. The Kier molecular flexibility index (Phi) is 1.64. The first-order chi connectivity index (χ1) is 6.66. The van der Waals surface area contributed by atoms with E-state index in [0.717, 1.165) is 5.69 Å². The van der Waals surface area contributed by atoms with Crippen LogP contribution in [0.3, 0.4) is 0 Å². The topological polar surface area (TPSA) is 74.5 Å². The van der Waals surface area contributed by atoms with Crippen LogP contribution in [0, 0.1) is 18.3 Å². The number of aromatic nitrogens is 3. The summed E-state index contributed by atoms with van der Waals surface area (Å²) in [7, 11) is 1.75. The smallest absolute Gasteiger partial charge is 0.275 e. The van der Waals surface area contributed by atoms with E-state index in [-0.39, 0.29) is 5.56 Å². The van der Waals surface area contributed by atoms with Crippen molar-refractivity contribution >= 4 is 11.0 Å². The number of nitriles is 1. The van der Waals surface area contributed by atoms with Crippen LogP contribution in [0.15, 0.2) is 11.1 Å². The summed E-state index contributed by atoms with van der Waals surface area (Å²) in [5.74, 6) is 0. The molecular formula is C9H8N4O. The number of H-pyrrole nitrogens is 1. The number of rotatable bonds is 0. The number of hydrogen-bond donors (Lipinski definition) is 1. The highest BCUT2D eigenvalue weighted by Crippen LogP contribution is 2.18. The third-order valence-electron chi connectivity index (χ3n) is 2.38. The molecule has 0 unspecified atom stereocenters. The van der Waals surface area contributed by atoms with Gasteiger partial charge in [-0.1, -0.05) is 0 Å². The SMILES string of the molecule is Cc1c(C#N)c2nc[nH]c(=O)c2n1C. The van der Waals surface area contributed by atoms with E-state index >= 15 is 0 Å². The first kappa shape index (κ1) is 8.51. The Morgan fingerprint density at radius 3 is 3.00 bits per heavy atom. The summed E-state index contributed by atoms with van der Waals surface area (Å²) in [6.07, 6.45) is 1.31. The Morgan fingerprint density at radius 2 is 2.36 bits per heavy atom. The molecule has 70 valence electrons. The zero-order valence-electron chi connectivity index (χ0n) is 7.83. The van der Waals surface area contributed by atoms with Crippen LogP contribution in [0.2, 0.25) is 0 Å². The van der Waals surface area contributed by atoms with E-state index < -0.39 is 0 Å². The molecule has 0 saturated heterocycles. The summed E-state index contributed by atoms with van der Waals surface area (Å²) in [6, 6.07) is 2.05. The highest BCUT2D eigenvalue weighted by atomic mass is 16.1. The molecule has 0 radical (unpaired) electrons. The van der Waals surface area contributed by atoms with Crippen LogP contribution in [0.25, 0.3) is 11.0 Å². The van der Waals surface area contributed by atoms with Gasteiger partial charge in [0.2, 0.25) is 0 Å². The molecule has 0 fully saturated rings. The Morgan fingerprint density at radius 1 is 1.64 bits per heavy atom. The maximum absolute atomic E-state index is 11.5. The van der Waals surface area contributed by atoms with Crippen molar-refractivity contribution in [2.24, 2.45) is 7.05 Å². The number of hydrogen-bond acceptors (Lipinski definition) is 3. The van der Waals surface area contributed by atoms with Gasteiger partial charge in [0.05, 0.1) is 11.9 Å². The van der Waals surface area contributed by atoms with E-state index in [0.29, 0.717) is 16.6 Å². The number of fused-ring (bicyclic) bond motifs is 1. The molecule has 0 saturated carbocycles. The molecule has 0 amide bonds. The van der Waals surface area contributed by atoms with Gasteiger partial charge in [0.15, 0.2) is 0 Å². The standard InChI is InChI=1S/C9H8N4O/c1-5-6(3-10)7-8(13(5)2)9(14)12-4-11-7/h4H,1-2H3,(H,11,12,14). The van der Waals surface area contributed by atoms with E-state index in [1.54, 1.807) is 18.5 Å². The maximum Gasteiger partial charge on any atom is 0.275 e. The molecule has 14 heavy (non-hydrogen) atoms. The van der Waals surface area contributed by atoms with Crippen molar-refractivity contribution < 1.29 is 0 Å². The minimum absolute atomic E-state index is 0.220. The van der Waals surface area contributed by atoms with Gasteiger partial charge in [0, 0.05) is 12.7 Å². The molecule has 5 heteroatoms. The van der Waals surface area contributed by atoms with Gasteiger partial charge in [-0.3, -0.25) is 4.79 Å². The average molecular weight is 188 g/mol. The van der Waals surface area contributed by atoms with Crippen LogP contribution in [0.4, 0.5) is 0 Å². The van der Waals surface area contributed by atoms with Crippen LogP contribution in [-0.2, 0) is 7.05 Å². The van der Waals surface area contributed by atoms with Gasteiger partial charge < -0.3 is 9.55 Å². The van der Waals surface area contributed by atoms with Crippen LogP contribution < -0.4 is 5.56 Å². The predicted molar refractivity (Wildman–Crippen MR) is 50.8 cm³/mol. The van der Waals surface area contributed by atoms with Crippen molar-refractivity contribution in [3.63, 3.8) is 0 Å². The Balaban J connectivity index is 3.13. The van der Waals surface area contributed by atoms with Gasteiger partial charge in [-0.25, -0.2) is 4.98 Å². The lowest BCUT2D eigenvalue weighted by Gasteiger charge is -1.95. The van der Waals surface area contributed by atoms with E-state index in [1.807, 2.05) is 0 Å². The molecule has 5 nitrogen and oxygen atoms in total. The third kappa shape index (κ3) is 0.879. The highest BCUT2D eigenvalue weighted by molar-refractivity contribution is 5.83. The van der Waals surface area contributed by atoms with Crippen molar-refractivity contribution in [2.45, 2.75) is 6.92 Å². The molecule has 2 rings (SSSR count). The van der Waals surface area contributed by atoms with Gasteiger partial charge in [0.1, 0.15) is 17.1 Å². The highest BCUT2D eigenvalue weighted by Gasteiger charge is 2.14. The van der Waals surface area contributed by atoms with E-state index in [1.165, 1.54) is 6.33 Å². The first-order valence-corrected chi connectivity index (χ1v) is 4.09. The summed E-state index contributed by atoms with van der Waals surface area (Å²) >= 11 is 0. The van der Waals surface area contributed by atoms with E-state index in [4.69, 9.17) is 5.26 Å². The molecule has 1 N–H and O–H groups in total. The second-order valence-electron chi connectivity index (χ2n) is 3.06. The fourth-order valence-electron chi connectivity index (χ4n) is 1.53. The van der Waals surface area contributed by atoms with Gasteiger partial charge in [-0.15, -0.1) is 0 Å². The molecule has 2 heterocycles. The second kappa shape index (κ2) is 2.70. The first-order valence-electron chi connectivity index (χ1n) is 4.09. The van der Waals surface area contributed by atoms with Gasteiger partial charge >= 0.3 is 0 Å². The predicted octanol–water partition coefficient (Wildman–Crippen LogP) is 0.442. The molecule has 0 aliphatic carbocycles. The number of aryl methyl sites for hydroxylation is 1. The monoisotopic (exact) mass is 188 g/mol. The summed E-state index contributed by atoms with van der Waals surface area (Å²) in [6.45, 7) is 1.79. The number of nitrogens with one attached hydrogen (secondary N) is 1. The Bertz CT molecular complexity index is 600. The zero-order valence-corrected chi connectivity index (χ0v) is 7.83. The average Bonchev–Trinajstić information content (AvgIpc) is 2.41. The second-order valence-corrected chi connectivity index (χ2v) is 3.06. The zero-order chi connectivity index (χ0) is 10.3. The summed E-state index contributed by atoms with van der Waals surface area (Å²) in [5, 5.41) is 8.91. The molecule has 2 aromatic rings. The van der Waals surface area contributed by atoms with Crippen molar-refractivity contribution in [3.8, 4) is 6.07 Å². The molecule has 0 atom stereocenters. The van der Waals surface area contributed by atoms with Gasteiger partial charge in [-0.05, 0) is 6.92 Å². The van der Waals surface area contributed by atoms with E-state index in [9.17, 15) is 4.79 Å². The summed E-state index contributed by atoms with van der Waals surface area (Å²) < 4.78 is 1.68. The third-order valence-corrected chi connectivity index (χ3v) is 2.38. The largest absolute Gasteiger partial charge is 0.341 e. The van der Waals surface area contributed by atoms with Crippen molar-refractivity contribution in [3.05, 3.63) is 27.9 Å². The van der Waals surface area contributed by atoms with Crippen LogP contribution in [-0.4, -0.2) is 14.5 Å². The van der Waals surface area contributed by atoms with Gasteiger partial charge in [-0.2, -0.15) is 5.26 Å². The fourth-order valence-corrected chi connectivity index (χ4v) is 1.53. The summed E-state index contributed by atoms with van der Waals surface area (Å²) in [4.78, 5) is 17.9. The summed E-state index contributed by atoms with van der Waals surface area (Å²) in [5.41, 5.74) is 1.92. The van der Waals surface area contributed by atoms with Crippen LogP contribution >= 0.6 is 0 Å². The Labute approximate surface area is 79.6 Å². The number of nitrogens with zero attached hydrogens (tertiary/aromatic N) is 3. The lowest BCUT2D eigenvalue weighted by molar-refractivity contribution is 0.905. The van der Waals surface area contributed by atoms with Crippen molar-refractivity contribution in [1.29, 1.82) is 5.26 Å². The maximum atomic E-state index is 11.5. The molecule has 0 bridgehead atoms. The van der Waals surface area contributed by atoms with Gasteiger partial charge in [0.25, 0.3) is 5.56 Å². The molecule has 0 aliphatic heterocycles. The fraction of sp³-hybridized carbons (Fsp3) is 0.222. The van der Waals surface area contributed by atoms with E-state index in [2.05, 4.69) is 16.0 Å². The minimum atomic E-state index is -0.220. The molecule has 0 spiro atoms. The van der Waals surface area contributed by atoms with Crippen LogP contribution in [0.5, 0.6) is 0 Å². The lowest BCUT2D eigenvalue weighted by atomic mass is 10.2. The number of aromatic amines is 1. The quantitative estimate of drug-likeness (QED) is 0.651. The minimum Gasteiger partial charge on any atom is -0.341 e. The Hall–Kier alpha value is -2.09. The lowest BCUT2D eigenvalue weighted by Crippen LogP contribution is -2.09. The molecule has 0 aromatic carbocycles. The molecule has 2 aromatic heterocycles.